The lowest BCUT2D eigenvalue weighted by Crippen LogP contribution is -2.53. The van der Waals surface area contributed by atoms with Crippen LogP contribution in [0.5, 0.6) is 0 Å². The summed E-state index contributed by atoms with van der Waals surface area (Å²) in [5.41, 5.74) is 5.45. The summed E-state index contributed by atoms with van der Waals surface area (Å²) >= 11 is 0. The zero-order valence-electron chi connectivity index (χ0n) is 17.7. The third-order valence-corrected chi connectivity index (χ3v) is 6.47. The average molecular weight is 436 g/mol. The molecule has 0 unspecified atom stereocenters. The molecule has 2 aromatic carbocycles. The number of carbonyl (C=O) groups excluding carboxylic acids is 2. The number of aliphatic hydroxyl groups is 1. The second-order valence-electron chi connectivity index (χ2n) is 8.54. The molecule has 2 fully saturated rings. The van der Waals surface area contributed by atoms with Gasteiger partial charge in [0, 0.05) is 50.1 Å². The van der Waals surface area contributed by atoms with Gasteiger partial charge in [-0.15, -0.1) is 0 Å². The number of carbonyl (C=O) groups is 2. The van der Waals surface area contributed by atoms with E-state index >= 15 is 0 Å². The van der Waals surface area contributed by atoms with Gasteiger partial charge in [0.1, 0.15) is 11.4 Å². The first kappa shape index (κ1) is 20.7. The van der Waals surface area contributed by atoms with Crippen molar-refractivity contribution in [3.63, 3.8) is 0 Å². The molecule has 2 amide bonds. The normalized spacial score (nSPS) is 19.0. The molecule has 8 heteroatoms. The van der Waals surface area contributed by atoms with E-state index in [1.54, 1.807) is 33.1 Å². The van der Waals surface area contributed by atoms with Crippen molar-refractivity contribution in [2.24, 2.45) is 0 Å². The molecule has 0 atom stereocenters. The Balaban J connectivity index is 1.29. The maximum absolute atomic E-state index is 15.0. The van der Waals surface area contributed by atoms with Crippen LogP contribution in [0.25, 0.3) is 11.1 Å². The van der Waals surface area contributed by atoms with Crippen molar-refractivity contribution in [3.05, 3.63) is 66.1 Å². The van der Waals surface area contributed by atoms with Crippen LogP contribution in [-0.2, 0) is 11.3 Å². The minimum Gasteiger partial charge on any atom is -0.380 e. The molecule has 0 radical (unpaired) electrons. The van der Waals surface area contributed by atoms with Crippen LogP contribution >= 0.6 is 0 Å². The third kappa shape index (κ3) is 3.55. The van der Waals surface area contributed by atoms with Crippen LogP contribution in [0.4, 0.5) is 10.1 Å². The number of anilines is 1. The summed E-state index contributed by atoms with van der Waals surface area (Å²) in [5.74, 6) is -0.972. The van der Waals surface area contributed by atoms with Crippen LogP contribution in [0.2, 0.25) is 0 Å². The number of rotatable bonds is 4. The summed E-state index contributed by atoms with van der Waals surface area (Å²) < 4.78 is 15.0. The third-order valence-electron chi connectivity index (χ3n) is 6.47. The molecule has 0 aromatic heterocycles. The van der Waals surface area contributed by atoms with Gasteiger partial charge in [-0.25, -0.2) is 9.82 Å². The summed E-state index contributed by atoms with van der Waals surface area (Å²) in [7, 11) is 0. The maximum Gasteiger partial charge on any atom is 0.254 e. The van der Waals surface area contributed by atoms with Crippen LogP contribution in [0.1, 0.15) is 28.8 Å². The lowest BCUT2D eigenvalue weighted by atomic mass is 10.00. The van der Waals surface area contributed by atoms with Gasteiger partial charge in [-0.05, 0) is 42.2 Å². The van der Waals surface area contributed by atoms with Gasteiger partial charge in [0.15, 0.2) is 0 Å². The van der Waals surface area contributed by atoms with Crippen molar-refractivity contribution in [1.29, 1.82) is 0 Å². The van der Waals surface area contributed by atoms with Gasteiger partial charge in [0.25, 0.3) is 11.8 Å². The van der Waals surface area contributed by atoms with Crippen molar-refractivity contribution >= 4 is 17.5 Å². The van der Waals surface area contributed by atoms with E-state index in [2.05, 4.69) is 12.0 Å². The number of benzene rings is 2. The topological polar surface area (TPSA) is 76.1 Å². The van der Waals surface area contributed by atoms with Crippen molar-refractivity contribution < 1.29 is 19.1 Å². The molecule has 2 heterocycles. The minimum absolute atomic E-state index is 0.250. The second-order valence-corrected chi connectivity index (χ2v) is 8.54. The largest absolute Gasteiger partial charge is 0.380 e. The Labute approximate surface area is 185 Å². The van der Waals surface area contributed by atoms with Gasteiger partial charge in [0.2, 0.25) is 0 Å². The Kier molecular flexibility index (Phi) is 4.98. The van der Waals surface area contributed by atoms with Gasteiger partial charge in [-0.2, -0.15) is 0 Å². The summed E-state index contributed by atoms with van der Waals surface area (Å²) in [6, 6.07) is 10.3. The number of nitrogens with one attached hydrogen (secondary N) is 1. The smallest absolute Gasteiger partial charge is 0.254 e. The summed E-state index contributed by atoms with van der Waals surface area (Å²) in [6.07, 6.45) is 2.68. The molecule has 32 heavy (non-hydrogen) atoms. The first-order valence-corrected chi connectivity index (χ1v) is 10.8. The number of nitrogens with zero attached hydrogens (tertiary/aromatic N) is 3. The number of hydrogen-bond acceptors (Lipinski definition) is 5. The summed E-state index contributed by atoms with van der Waals surface area (Å²) in [6.45, 7) is 5.93. The van der Waals surface area contributed by atoms with Crippen molar-refractivity contribution in [3.8, 4) is 11.1 Å². The maximum atomic E-state index is 15.0. The van der Waals surface area contributed by atoms with Crippen LogP contribution in [-0.4, -0.2) is 58.5 Å². The molecule has 2 aliphatic heterocycles. The van der Waals surface area contributed by atoms with Gasteiger partial charge < -0.3 is 14.9 Å². The zero-order valence-corrected chi connectivity index (χ0v) is 17.7. The number of hydrazine groups is 1. The molecular formula is C24H25FN4O3. The van der Waals surface area contributed by atoms with Crippen LogP contribution in [0.3, 0.4) is 0 Å². The van der Waals surface area contributed by atoms with Crippen LogP contribution < -0.4 is 10.4 Å². The number of piperazine rings is 1. The van der Waals surface area contributed by atoms with Gasteiger partial charge in [0.05, 0.1) is 5.69 Å². The monoisotopic (exact) mass is 436 g/mol. The van der Waals surface area contributed by atoms with E-state index in [9.17, 15) is 19.1 Å². The van der Waals surface area contributed by atoms with Crippen molar-refractivity contribution in [2.75, 3.05) is 31.2 Å². The van der Waals surface area contributed by atoms with E-state index < -0.39 is 11.4 Å². The Hall–Kier alpha value is -3.23. The molecule has 3 aliphatic rings. The molecule has 7 nitrogen and oxygen atoms in total. The number of halogens is 1. The van der Waals surface area contributed by atoms with E-state index in [1.807, 2.05) is 18.2 Å². The molecule has 0 bridgehead atoms. The Morgan fingerprint density at radius 3 is 2.44 bits per heavy atom. The van der Waals surface area contributed by atoms with Gasteiger partial charge >= 0.3 is 0 Å². The average Bonchev–Trinajstić information content (AvgIpc) is 3.44. The van der Waals surface area contributed by atoms with Gasteiger partial charge in [-0.1, -0.05) is 24.8 Å². The number of amides is 2. The highest BCUT2D eigenvalue weighted by Gasteiger charge is 2.50. The molecule has 5 rings (SSSR count). The molecule has 2 N–H and O–H groups in total. The Morgan fingerprint density at radius 2 is 1.78 bits per heavy atom. The summed E-state index contributed by atoms with van der Waals surface area (Å²) in [4.78, 5) is 28.4. The highest BCUT2D eigenvalue weighted by Crippen LogP contribution is 2.37. The first-order valence-electron chi connectivity index (χ1n) is 10.8. The van der Waals surface area contributed by atoms with E-state index in [0.717, 1.165) is 16.8 Å². The standard InChI is InChI=1S/C24H25FN4O3/c1-2-29-21-14-16(3-4-18(21)15-26-29)19-6-5-17(13-20(19)25)22(30)27-9-11-28(12-10-27)23(31)24(32)7-8-24/h2-6,13-14,26,32H,1,7-12,15H2. The van der Waals surface area contributed by atoms with Crippen LogP contribution in [0.15, 0.2) is 49.2 Å². The summed E-state index contributed by atoms with van der Waals surface area (Å²) in [5, 5.41) is 11.8. The molecule has 1 aliphatic carbocycles. The Morgan fingerprint density at radius 1 is 1.06 bits per heavy atom. The van der Waals surface area contributed by atoms with E-state index in [0.29, 0.717) is 51.1 Å². The molecule has 2 aromatic rings. The lowest BCUT2D eigenvalue weighted by molar-refractivity contribution is -0.143. The number of hydrogen-bond donors (Lipinski definition) is 2. The fourth-order valence-electron chi connectivity index (χ4n) is 4.33. The molecular weight excluding hydrogens is 411 g/mol. The van der Waals surface area contributed by atoms with Crippen molar-refractivity contribution in [2.45, 2.75) is 25.0 Å². The highest BCUT2D eigenvalue weighted by atomic mass is 19.1. The van der Waals surface area contributed by atoms with E-state index in [4.69, 9.17) is 0 Å². The predicted molar refractivity (Wildman–Crippen MR) is 118 cm³/mol. The Bertz CT molecular complexity index is 1110. The van der Waals surface area contributed by atoms with E-state index in [-0.39, 0.29) is 17.4 Å². The highest BCUT2D eigenvalue weighted by molar-refractivity contribution is 5.95. The second kappa shape index (κ2) is 7.72. The fraction of sp³-hybridized carbons (Fsp3) is 0.333. The molecule has 166 valence electrons. The lowest BCUT2D eigenvalue weighted by Gasteiger charge is -2.35. The SMILES string of the molecule is C=CN1NCc2ccc(-c3ccc(C(=O)N4CCN(C(=O)C5(O)CC5)CC4)cc3F)cc21. The predicted octanol–water partition coefficient (Wildman–Crippen LogP) is 2.27. The van der Waals surface area contributed by atoms with E-state index in [1.165, 1.54) is 6.07 Å². The first-order chi connectivity index (χ1) is 15.4. The quantitative estimate of drug-likeness (QED) is 0.769. The zero-order chi connectivity index (χ0) is 22.5. The minimum atomic E-state index is -1.19. The van der Waals surface area contributed by atoms with Crippen LogP contribution in [0, 0.1) is 5.82 Å². The van der Waals surface area contributed by atoms with Gasteiger partial charge in [-0.3, -0.25) is 14.6 Å². The molecule has 1 saturated carbocycles. The number of fused-ring (bicyclic) bond motifs is 1. The molecule has 1 saturated heterocycles. The van der Waals surface area contributed by atoms with Crippen molar-refractivity contribution in [1.82, 2.24) is 15.2 Å². The molecule has 0 spiro atoms. The fourth-order valence-corrected chi connectivity index (χ4v) is 4.33.